The zero-order valence-corrected chi connectivity index (χ0v) is 9.09. The van der Waals surface area contributed by atoms with Crippen molar-refractivity contribution in [2.24, 2.45) is 0 Å². The Morgan fingerprint density at radius 3 is 2.23 bits per heavy atom. The Morgan fingerprint density at radius 2 is 1.92 bits per heavy atom. The lowest BCUT2D eigenvalue weighted by Crippen LogP contribution is -2.37. The van der Waals surface area contributed by atoms with Gasteiger partial charge in [-0.05, 0) is 41.3 Å². The molecule has 3 nitrogen and oxygen atoms in total. The first-order valence-corrected chi connectivity index (χ1v) is 4.35. The molecular weight excluding hydrogens is 166 g/mol. The molecule has 0 saturated carbocycles. The van der Waals surface area contributed by atoms with Gasteiger partial charge in [-0.15, -0.1) is 0 Å². The van der Waals surface area contributed by atoms with Crippen molar-refractivity contribution in [3.8, 4) is 0 Å². The molecule has 0 rings (SSSR count). The van der Waals surface area contributed by atoms with Crippen LogP contribution in [-0.2, 0) is 4.79 Å². The van der Waals surface area contributed by atoms with Crippen molar-refractivity contribution in [1.29, 1.82) is 0 Å². The van der Waals surface area contributed by atoms with Crippen LogP contribution in [0, 0.1) is 0 Å². The first-order valence-electron chi connectivity index (χ1n) is 4.35. The van der Waals surface area contributed by atoms with E-state index in [1.165, 1.54) is 0 Å². The monoisotopic (exact) mass is 185 g/mol. The minimum Gasteiger partial charge on any atom is -0.478 e. The van der Waals surface area contributed by atoms with E-state index in [1.807, 2.05) is 14.1 Å². The quantitative estimate of drug-likeness (QED) is 0.678. The summed E-state index contributed by atoms with van der Waals surface area (Å²) in [5, 5.41) is 8.64. The number of nitrogens with zero attached hydrogens (tertiary/aromatic N) is 1. The molecule has 0 saturated heterocycles. The summed E-state index contributed by atoms with van der Waals surface area (Å²) < 4.78 is 0. The van der Waals surface area contributed by atoms with Crippen LogP contribution in [0.1, 0.15) is 27.2 Å². The third kappa shape index (κ3) is 4.08. The number of aliphatic carboxylic acids is 1. The Hall–Kier alpha value is -0.830. The number of rotatable bonds is 4. The molecule has 0 bridgehead atoms. The molecule has 0 aliphatic carbocycles. The van der Waals surface area contributed by atoms with Crippen LogP contribution in [0.15, 0.2) is 11.6 Å². The van der Waals surface area contributed by atoms with E-state index < -0.39 is 5.97 Å². The van der Waals surface area contributed by atoms with Crippen LogP contribution in [-0.4, -0.2) is 35.6 Å². The predicted octanol–water partition coefficient (Wildman–Crippen LogP) is 1.75. The molecule has 0 radical (unpaired) electrons. The van der Waals surface area contributed by atoms with E-state index in [-0.39, 0.29) is 5.54 Å². The largest absolute Gasteiger partial charge is 0.478 e. The van der Waals surface area contributed by atoms with Crippen LogP contribution in [0.25, 0.3) is 0 Å². The summed E-state index contributed by atoms with van der Waals surface area (Å²) in [7, 11) is 3.98. The summed E-state index contributed by atoms with van der Waals surface area (Å²) in [4.78, 5) is 12.6. The first-order chi connectivity index (χ1) is 5.77. The summed E-state index contributed by atoms with van der Waals surface area (Å²) in [5.74, 6) is -0.838. The van der Waals surface area contributed by atoms with Crippen molar-refractivity contribution in [2.75, 3.05) is 14.1 Å². The molecule has 0 aromatic carbocycles. The molecule has 0 aliphatic heterocycles. The molecule has 0 atom stereocenters. The second-order valence-corrected chi connectivity index (χ2v) is 4.10. The summed E-state index contributed by atoms with van der Waals surface area (Å²) in [5.41, 5.74) is 0.423. The van der Waals surface area contributed by atoms with E-state index in [1.54, 1.807) is 13.0 Å². The molecule has 3 heteroatoms. The zero-order valence-electron chi connectivity index (χ0n) is 9.09. The topological polar surface area (TPSA) is 40.5 Å². The van der Waals surface area contributed by atoms with Gasteiger partial charge in [-0.2, -0.15) is 0 Å². The number of carbonyl (C=O) groups is 1. The fourth-order valence-corrected chi connectivity index (χ4v) is 0.673. The normalized spacial score (nSPS) is 13.5. The van der Waals surface area contributed by atoms with Gasteiger partial charge in [-0.25, -0.2) is 4.79 Å². The van der Waals surface area contributed by atoms with Gasteiger partial charge in [0.25, 0.3) is 0 Å². The number of hydrogen-bond donors (Lipinski definition) is 1. The average molecular weight is 185 g/mol. The van der Waals surface area contributed by atoms with E-state index in [9.17, 15) is 4.79 Å². The van der Waals surface area contributed by atoms with Crippen LogP contribution >= 0.6 is 0 Å². The van der Waals surface area contributed by atoms with Gasteiger partial charge in [0.05, 0.1) is 0 Å². The zero-order chi connectivity index (χ0) is 10.6. The van der Waals surface area contributed by atoms with Crippen molar-refractivity contribution in [3.63, 3.8) is 0 Å². The van der Waals surface area contributed by atoms with Gasteiger partial charge in [0.15, 0.2) is 0 Å². The van der Waals surface area contributed by atoms with Crippen LogP contribution in [0.4, 0.5) is 0 Å². The molecule has 0 fully saturated rings. The highest BCUT2D eigenvalue weighted by molar-refractivity contribution is 5.85. The SMILES string of the molecule is C/C(=C\CC(C)(C)N(C)C)C(=O)O. The highest BCUT2D eigenvalue weighted by Crippen LogP contribution is 2.16. The molecule has 0 aromatic rings. The molecule has 0 amide bonds. The summed E-state index contributed by atoms with van der Waals surface area (Å²) in [6.07, 6.45) is 2.51. The van der Waals surface area contributed by atoms with Crippen molar-refractivity contribution in [1.82, 2.24) is 4.90 Å². The average Bonchev–Trinajstić information content (AvgIpc) is 1.99. The Morgan fingerprint density at radius 1 is 1.46 bits per heavy atom. The van der Waals surface area contributed by atoms with Crippen molar-refractivity contribution < 1.29 is 9.90 Å². The van der Waals surface area contributed by atoms with Gasteiger partial charge in [-0.1, -0.05) is 6.08 Å². The maximum atomic E-state index is 10.5. The maximum Gasteiger partial charge on any atom is 0.330 e. The Balaban J connectivity index is 4.31. The van der Waals surface area contributed by atoms with E-state index >= 15 is 0 Å². The number of carboxylic acid groups (broad SMARTS) is 1. The second-order valence-electron chi connectivity index (χ2n) is 4.10. The highest BCUT2D eigenvalue weighted by atomic mass is 16.4. The highest BCUT2D eigenvalue weighted by Gasteiger charge is 2.18. The van der Waals surface area contributed by atoms with E-state index in [0.717, 1.165) is 6.42 Å². The standard InChI is InChI=1S/C10H19NO2/c1-8(9(12)13)6-7-10(2,3)11(4)5/h6H,7H2,1-5H3,(H,12,13)/b8-6+. The smallest absolute Gasteiger partial charge is 0.330 e. The van der Waals surface area contributed by atoms with Crippen LogP contribution in [0.2, 0.25) is 0 Å². The molecule has 0 aromatic heterocycles. The van der Waals surface area contributed by atoms with Crippen LogP contribution in [0.5, 0.6) is 0 Å². The van der Waals surface area contributed by atoms with Gasteiger partial charge in [-0.3, -0.25) is 0 Å². The van der Waals surface area contributed by atoms with Gasteiger partial charge in [0.1, 0.15) is 0 Å². The lowest BCUT2D eigenvalue weighted by Gasteiger charge is -2.31. The van der Waals surface area contributed by atoms with E-state index in [0.29, 0.717) is 5.57 Å². The Kier molecular flexibility index (Phi) is 4.14. The van der Waals surface area contributed by atoms with Crippen LogP contribution < -0.4 is 0 Å². The second kappa shape index (κ2) is 4.42. The van der Waals surface area contributed by atoms with E-state index in [2.05, 4.69) is 18.7 Å². The molecular formula is C10H19NO2. The van der Waals surface area contributed by atoms with Gasteiger partial charge in [0, 0.05) is 11.1 Å². The molecule has 13 heavy (non-hydrogen) atoms. The molecule has 0 unspecified atom stereocenters. The van der Waals surface area contributed by atoms with Crippen LogP contribution in [0.3, 0.4) is 0 Å². The van der Waals surface area contributed by atoms with Gasteiger partial charge < -0.3 is 10.0 Å². The van der Waals surface area contributed by atoms with Gasteiger partial charge in [0.2, 0.25) is 0 Å². The molecule has 0 heterocycles. The lowest BCUT2D eigenvalue weighted by molar-refractivity contribution is -0.132. The minimum atomic E-state index is -0.838. The number of hydrogen-bond acceptors (Lipinski definition) is 2. The molecule has 1 N–H and O–H groups in total. The fourth-order valence-electron chi connectivity index (χ4n) is 0.673. The summed E-state index contributed by atoms with van der Waals surface area (Å²) in [6, 6.07) is 0. The van der Waals surface area contributed by atoms with Crippen molar-refractivity contribution in [2.45, 2.75) is 32.7 Å². The molecule has 0 spiro atoms. The van der Waals surface area contributed by atoms with Crippen molar-refractivity contribution >= 4 is 5.97 Å². The third-order valence-corrected chi connectivity index (χ3v) is 2.46. The number of carboxylic acids is 1. The van der Waals surface area contributed by atoms with Gasteiger partial charge >= 0.3 is 5.97 Å². The predicted molar refractivity (Wildman–Crippen MR) is 53.8 cm³/mol. The third-order valence-electron chi connectivity index (χ3n) is 2.46. The van der Waals surface area contributed by atoms with Crippen molar-refractivity contribution in [3.05, 3.63) is 11.6 Å². The maximum absolute atomic E-state index is 10.5. The first kappa shape index (κ1) is 12.2. The fraction of sp³-hybridized carbons (Fsp3) is 0.700. The summed E-state index contributed by atoms with van der Waals surface area (Å²) >= 11 is 0. The minimum absolute atomic E-state index is 0.0106. The van der Waals surface area contributed by atoms with E-state index in [4.69, 9.17) is 5.11 Å². The lowest BCUT2D eigenvalue weighted by atomic mass is 9.98. The Labute approximate surface area is 80.0 Å². The molecule has 76 valence electrons. The molecule has 0 aliphatic rings. The Bertz CT molecular complexity index is 217. The summed E-state index contributed by atoms with van der Waals surface area (Å²) in [6.45, 7) is 5.78.